The number of hydrogen-bond donors (Lipinski definition) is 1. The van der Waals surface area contributed by atoms with Crippen molar-refractivity contribution < 1.29 is 0 Å². The summed E-state index contributed by atoms with van der Waals surface area (Å²) < 4.78 is 3.03. The Labute approximate surface area is 128 Å². The number of halogens is 1. The van der Waals surface area contributed by atoms with Gasteiger partial charge in [0.25, 0.3) is 0 Å². The quantitative estimate of drug-likeness (QED) is 0.927. The van der Waals surface area contributed by atoms with E-state index >= 15 is 0 Å². The highest BCUT2D eigenvalue weighted by molar-refractivity contribution is 9.10. The number of benzene rings is 1. The lowest BCUT2D eigenvalue weighted by atomic mass is 10.1. The van der Waals surface area contributed by atoms with Crippen LogP contribution >= 0.6 is 15.9 Å². The van der Waals surface area contributed by atoms with E-state index in [2.05, 4.69) is 66.1 Å². The summed E-state index contributed by atoms with van der Waals surface area (Å²) in [6, 6.07) is 4.15. The highest BCUT2D eigenvalue weighted by Crippen LogP contribution is 2.27. The second-order valence-electron chi connectivity index (χ2n) is 5.09. The van der Waals surface area contributed by atoms with Crippen LogP contribution < -0.4 is 5.73 Å². The molecule has 108 valence electrons. The predicted molar refractivity (Wildman–Crippen MR) is 85.1 cm³/mol. The minimum atomic E-state index is -0.0465. The molecule has 1 heterocycles. The lowest BCUT2D eigenvalue weighted by Crippen LogP contribution is -2.13. The Balaban J connectivity index is 2.62. The zero-order valence-electron chi connectivity index (χ0n) is 12.4. The smallest absolute Gasteiger partial charge is 0.103 e. The number of aromatic nitrogens is 3. The van der Waals surface area contributed by atoms with Gasteiger partial charge in [0.05, 0.1) is 17.4 Å². The fourth-order valence-electron chi connectivity index (χ4n) is 2.54. The van der Waals surface area contributed by atoms with E-state index in [0.29, 0.717) is 0 Å². The van der Waals surface area contributed by atoms with Gasteiger partial charge in [-0.3, -0.25) is 0 Å². The van der Waals surface area contributed by atoms with E-state index in [-0.39, 0.29) is 6.04 Å². The molecule has 2 aromatic rings. The van der Waals surface area contributed by atoms with E-state index in [1.165, 1.54) is 11.1 Å². The van der Waals surface area contributed by atoms with E-state index in [0.717, 1.165) is 34.4 Å². The van der Waals surface area contributed by atoms with Crippen LogP contribution in [0.5, 0.6) is 0 Å². The average molecular weight is 337 g/mol. The van der Waals surface area contributed by atoms with Crippen molar-refractivity contribution in [3.05, 3.63) is 39.1 Å². The lowest BCUT2D eigenvalue weighted by Gasteiger charge is -2.14. The van der Waals surface area contributed by atoms with Crippen molar-refractivity contribution in [2.24, 2.45) is 5.73 Å². The third-order valence-electron chi connectivity index (χ3n) is 3.59. The van der Waals surface area contributed by atoms with E-state index in [1.807, 2.05) is 4.68 Å². The molecule has 0 aliphatic carbocycles. The van der Waals surface area contributed by atoms with Gasteiger partial charge in [-0.25, -0.2) is 4.68 Å². The average Bonchev–Trinajstić information content (AvgIpc) is 2.80. The SMILES string of the molecule is CCc1c(C(N)CC)nnn1-c1c(C)cc(Br)cc1C. The zero-order valence-corrected chi connectivity index (χ0v) is 14.0. The first kappa shape index (κ1) is 15.2. The summed E-state index contributed by atoms with van der Waals surface area (Å²) in [5.74, 6) is 0. The van der Waals surface area contributed by atoms with Crippen LogP contribution in [0.3, 0.4) is 0 Å². The maximum atomic E-state index is 6.14. The Morgan fingerprint density at radius 2 is 1.85 bits per heavy atom. The van der Waals surface area contributed by atoms with Crippen LogP contribution in [0.2, 0.25) is 0 Å². The largest absolute Gasteiger partial charge is 0.323 e. The molecular weight excluding hydrogens is 316 g/mol. The van der Waals surface area contributed by atoms with E-state index in [4.69, 9.17) is 5.73 Å². The third kappa shape index (κ3) is 2.65. The summed E-state index contributed by atoms with van der Waals surface area (Å²) in [6.45, 7) is 8.37. The molecule has 2 rings (SSSR count). The predicted octanol–water partition coefficient (Wildman–Crippen LogP) is 3.62. The van der Waals surface area contributed by atoms with Gasteiger partial charge in [-0.05, 0) is 49.9 Å². The molecule has 1 unspecified atom stereocenters. The standard InChI is InChI=1S/C15H21BrN4/c1-5-12(17)14-13(6-2)20(19-18-14)15-9(3)7-11(16)8-10(15)4/h7-8,12H,5-6,17H2,1-4H3. The van der Waals surface area contributed by atoms with E-state index in [1.54, 1.807) is 0 Å². The second kappa shape index (κ2) is 6.06. The molecule has 5 heteroatoms. The van der Waals surface area contributed by atoms with Crippen LogP contribution in [-0.4, -0.2) is 15.0 Å². The number of hydrogen-bond acceptors (Lipinski definition) is 3. The summed E-state index contributed by atoms with van der Waals surface area (Å²) in [7, 11) is 0. The Bertz CT molecular complexity index is 595. The van der Waals surface area contributed by atoms with E-state index < -0.39 is 0 Å². The monoisotopic (exact) mass is 336 g/mol. The Morgan fingerprint density at radius 1 is 1.25 bits per heavy atom. The maximum absolute atomic E-state index is 6.14. The molecule has 2 N–H and O–H groups in total. The minimum Gasteiger partial charge on any atom is -0.323 e. The van der Waals surface area contributed by atoms with Crippen molar-refractivity contribution in [1.82, 2.24) is 15.0 Å². The normalized spacial score (nSPS) is 12.7. The van der Waals surface area contributed by atoms with Crippen LogP contribution in [0.25, 0.3) is 5.69 Å². The molecule has 0 saturated heterocycles. The number of nitrogens with zero attached hydrogens (tertiary/aromatic N) is 3. The Hall–Kier alpha value is -1.20. The third-order valence-corrected chi connectivity index (χ3v) is 4.04. The Kier molecular flexibility index (Phi) is 4.60. The van der Waals surface area contributed by atoms with Crippen molar-refractivity contribution >= 4 is 15.9 Å². The maximum Gasteiger partial charge on any atom is 0.103 e. The van der Waals surface area contributed by atoms with Crippen molar-refractivity contribution in [2.75, 3.05) is 0 Å². The lowest BCUT2D eigenvalue weighted by molar-refractivity contribution is 0.665. The molecule has 1 aromatic heterocycles. The first-order chi connectivity index (χ1) is 9.49. The number of nitrogens with two attached hydrogens (primary N) is 1. The molecule has 4 nitrogen and oxygen atoms in total. The molecule has 0 radical (unpaired) electrons. The first-order valence-corrected chi connectivity index (χ1v) is 7.76. The van der Waals surface area contributed by atoms with Gasteiger partial charge in [0.2, 0.25) is 0 Å². The molecule has 0 aliphatic rings. The van der Waals surface area contributed by atoms with E-state index in [9.17, 15) is 0 Å². The van der Waals surface area contributed by atoms with Crippen molar-refractivity contribution in [3.63, 3.8) is 0 Å². The highest BCUT2D eigenvalue weighted by Gasteiger charge is 2.19. The van der Waals surface area contributed by atoms with Crippen molar-refractivity contribution in [1.29, 1.82) is 0 Å². The first-order valence-electron chi connectivity index (χ1n) is 6.96. The molecule has 0 spiro atoms. The van der Waals surface area contributed by atoms with Crippen LogP contribution in [0, 0.1) is 13.8 Å². The number of aryl methyl sites for hydroxylation is 2. The van der Waals surface area contributed by atoms with Gasteiger partial charge in [0.1, 0.15) is 5.69 Å². The summed E-state index contributed by atoms with van der Waals surface area (Å²) in [5, 5.41) is 8.66. The van der Waals surface area contributed by atoms with Gasteiger partial charge in [0, 0.05) is 4.47 Å². The second-order valence-corrected chi connectivity index (χ2v) is 6.01. The van der Waals surface area contributed by atoms with Gasteiger partial charge in [-0.2, -0.15) is 0 Å². The van der Waals surface area contributed by atoms with Gasteiger partial charge in [-0.15, -0.1) is 5.10 Å². The highest BCUT2D eigenvalue weighted by atomic mass is 79.9. The van der Waals surface area contributed by atoms with Gasteiger partial charge < -0.3 is 5.73 Å². The minimum absolute atomic E-state index is 0.0465. The summed E-state index contributed by atoms with van der Waals surface area (Å²) in [4.78, 5) is 0. The molecule has 0 saturated carbocycles. The van der Waals surface area contributed by atoms with Crippen LogP contribution in [0.15, 0.2) is 16.6 Å². The van der Waals surface area contributed by atoms with Crippen LogP contribution in [-0.2, 0) is 6.42 Å². The summed E-state index contributed by atoms with van der Waals surface area (Å²) >= 11 is 3.53. The topological polar surface area (TPSA) is 56.7 Å². The van der Waals surface area contributed by atoms with Gasteiger partial charge in [-0.1, -0.05) is 35.0 Å². The number of rotatable bonds is 4. The molecule has 20 heavy (non-hydrogen) atoms. The molecule has 0 amide bonds. The van der Waals surface area contributed by atoms with Gasteiger partial charge in [0.15, 0.2) is 0 Å². The van der Waals surface area contributed by atoms with Crippen molar-refractivity contribution in [2.45, 2.75) is 46.6 Å². The summed E-state index contributed by atoms with van der Waals surface area (Å²) in [5.41, 5.74) is 11.6. The molecule has 0 aliphatic heterocycles. The Morgan fingerprint density at radius 3 is 2.35 bits per heavy atom. The summed E-state index contributed by atoms with van der Waals surface area (Å²) in [6.07, 6.45) is 1.73. The molecule has 0 bridgehead atoms. The van der Waals surface area contributed by atoms with Crippen molar-refractivity contribution in [3.8, 4) is 5.69 Å². The molecule has 0 fully saturated rings. The van der Waals surface area contributed by atoms with Gasteiger partial charge >= 0.3 is 0 Å². The van der Waals surface area contributed by atoms with Crippen LogP contribution in [0.1, 0.15) is 48.8 Å². The van der Waals surface area contributed by atoms with Crippen LogP contribution in [0.4, 0.5) is 0 Å². The molecule has 1 aromatic carbocycles. The molecule has 1 atom stereocenters. The fraction of sp³-hybridized carbons (Fsp3) is 0.467. The zero-order chi connectivity index (χ0) is 14.9. The molecular formula is C15H21BrN4. The fourth-order valence-corrected chi connectivity index (χ4v) is 3.23.